The van der Waals surface area contributed by atoms with Crippen molar-refractivity contribution in [3.05, 3.63) is 29.8 Å². The van der Waals surface area contributed by atoms with Gasteiger partial charge >= 0.3 is 6.18 Å². The van der Waals surface area contributed by atoms with E-state index in [2.05, 4.69) is 10.6 Å². The number of thioether (sulfide) groups is 1. The highest BCUT2D eigenvalue weighted by Crippen LogP contribution is 2.31. The number of hydrogen-bond acceptors (Lipinski definition) is 4. The third kappa shape index (κ3) is 6.91. The van der Waals surface area contributed by atoms with Gasteiger partial charge in [-0.2, -0.15) is 13.2 Å². The Morgan fingerprint density at radius 1 is 1.35 bits per heavy atom. The van der Waals surface area contributed by atoms with Gasteiger partial charge in [0.15, 0.2) is 0 Å². The summed E-state index contributed by atoms with van der Waals surface area (Å²) >= 11 is 1.02. The van der Waals surface area contributed by atoms with Gasteiger partial charge in [-0.15, -0.1) is 11.8 Å². The number of aliphatic hydroxyl groups excluding tert-OH is 1. The van der Waals surface area contributed by atoms with Crippen molar-refractivity contribution >= 4 is 23.6 Å². The molecule has 0 bridgehead atoms. The Hall–Kier alpha value is -1.74. The molecule has 5 nitrogen and oxygen atoms in total. The molecule has 0 saturated carbocycles. The molecule has 0 aliphatic rings. The fraction of sp³-hybridized carbons (Fsp3) is 0.429. The SMILES string of the molecule is CC(=O)NC(CSc1cccc(C(F)(F)F)c1)C(=O)NCCO. The maximum Gasteiger partial charge on any atom is 0.416 e. The molecule has 23 heavy (non-hydrogen) atoms. The molecule has 1 atom stereocenters. The highest BCUT2D eigenvalue weighted by atomic mass is 32.2. The summed E-state index contributed by atoms with van der Waals surface area (Å²) in [6.07, 6.45) is -4.44. The zero-order chi connectivity index (χ0) is 17.5. The van der Waals surface area contributed by atoms with Gasteiger partial charge in [-0.1, -0.05) is 6.07 Å². The normalized spacial score (nSPS) is 12.6. The molecule has 0 aromatic heterocycles. The van der Waals surface area contributed by atoms with Crippen LogP contribution in [-0.4, -0.2) is 41.9 Å². The standard InChI is InChI=1S/C14H17F3N2O3S/c1-9(21)19-12(13(22)18-5-6-20)8-23-11-4-2-3-10(7-11)14(15,16)17/h2-4,7,12,20H,5-6,8H2,1H3,(H,18,22)(H,19,21). The van der Waals surface area contributed by atoms with E-state index in [9.17, 15) is 22.8 Å². The summed E-state index contributed by atoms with van der Waals surface area (Å²) in [5, 5.41) is 13.5. The van der Waals surface area contributed by atoms with Crippen molar-refractivity contribution in [2.75, 3.05) is 18.9 Å². The molecule has 1 aromatic carbocycles. The van der Waals surface area contributed by atoms with Crippen LogP contribution in [0.3, 0.4) is 0 Å². The Labute approximate surface area is 135 Å². The molecule has 0 aliphatic carbocycles. The number of benzene rings is 1. The summed E-state index contributed by atoms with van der Waals surface area (Å²) < 4.78 is 38.0. The molecule has 1 unspecified atom stereocenters. The second kappa shape index (κ2) is 8.78. The lowest BCUT2D eigenvalue weighted by Gasteiger charge is -2.17. The van der Waals surface area contributed by atoms with E-state index in [0.717, 1.165) is 23.9 Å². The minimum Gasteiger partial charge on any atom is -0.395 e. The molecule has 2 amide bonds. The number of rotatable bonds is 7. The van der Waals surface area contributed by atoms with Crippen molar-refractivity contribution in [1.29, 1.82) is 0 Å². The van der Waals surface area contributed by atoms with Crippen molar-refractivity contribution in [2.24, 2.45) is 0 Å². The predicted octanol–water partition coefficient (Wildman–Crippen LogP) is 1.41. The number of carbonyl (C=O) groups excluding carboxylic acids is 2. The van der Waals surface area contributed by atoms with E-state index in [1.165, 1.54) is 19.1 Å². The lowest BCUT2D eigenvalue weighted by Crippen LogP contribution is -2.48. The lowest BCUT2D eigenvalue weighted by atomic mass is 10.2. The van der Waals surface area contributed by atoms with Crippen LogP contribution in [0.2, 0.25) is 0 Å². The first-order valence-corrected chi connectivity index (χ1v) is 7.68. The summed E-state index contributed by atoms with van der Waals surface area (Å²) in [5.41, 5.74) is -0.775. The largest absolute Gasteiger partial charge is 0.416 e. The van der Waals surface area contributed by atoms with E-state index in [4.69, 9.17) is 5.11 Å². The van der Waals surface area contributed by atoms with Crippen LogP contribution in [0, 0.1) is 0 Å². The molecule has 128 valence electrons. The highest BCUT2D eigenvalue weighted by Gasteiger charge is 2.30. The number of halogens is 3. The molecular formula is C14H17F3N2O3S. The van der Waals surface area contributed by atoms with E-state index in [1.807, 2.05) is 0 Å². The maximum atomic E-state index is 12.7. The van der Waals surface area contributed by atoms with Crippen LogP contribution < -0.4 is 10.6 Å². The van der Waals surface area contributed by atoms with Crippen LogP contribution in [-0.2, 0) is 15.8 Å². The van der Waals surface area contributed by atoms with E-state index in [0.29, 0.717) is 4.90 Å². The molecular weight excluding hydrogens is 333 g/mol. The number of alkyl halides is 3. The van der Waals surface area contributed by atoms with Gasteiger partial charge in [0.1, 0.15) is 6.04 Å². The Kier molecular flexibility index (Phi) is 7.37. The van der Waals surface area contributed by atoms with Crippen LogP contribution in [0.4, 0.5) is 13.2 Å². The Morgan fingerprint density at radius 3 is 2.61 bits per heavy atom. The van der Waals surface area contributed by atoms with Gasteiger partial charge < -0.3 is 15.7 Å². The first-order chi connectivity index (χ1) is 10.7. The summed E-state index contributed by atoms with van der Waals surface area (Å²) in [7, 11) is 0. The Morgan fingerprint density at radius 2 is 2.04 bits per heavy atom. The third-order valence-electron chi connectivity index (χ3n) is 2.68. The Bertz CT molecular complexity index is 552. The lowest BCUT2D eigenvalue weighted by molar-refractivity contribution is -0.137. The van der Waals surface area contributed by atoms with E-state index in [-0.39, 0.29) is 18.9 Å². The summed E-state index contributed by atoms with van der Waals surface area (Å²) in [5.74, 6) is -0.870. The number of aliphatic hydroxyl groups is 1. The Balaban J connectivity index is 2.74. The van der Waals surface area contributed by atoms with Crippen molar-refractivity contribution < 1.29 is 27.9 Å². The molecule has 3 N–H and O–H groups in total. The van der Waals surface area contributed by atoms with Gasteiger partial charge in [-0.3, -0.25) is 9.59 Å². The van der Waals surface area contributed by atoms with Crippen LogP contribution in [0.5, 0.6) is 0 Å². The van der Waals surface area contributed by atoms with E-state index in [1.54, 1.807) is 0 Å². The monoisotopic (exact) mass is 350 g/mol. The highest BCUT2D eigenvalue weighted by molar-refractivity contribution is 7.99. The number of nitrogens with one attached hydrogen (secondary N) is 2. The fourth-order valence-electron chi connectivity index (χ4n) is 1.67. The van der Waals surface area contributed by atoms with Gasteiger partial charge in [0, 0.05) is 24.1 Å². The zero-order valence-corrected chi connectivity index (χ0v) is 13.1. The van der Waals surface area contributed by atoms with E-state index < -0.39 is 29.6 Å². The molecule has 0 saturated heterocycles. The van der Waals surface area contributed by atoms with Gasteiger partial charge in [-0.05, 0) is 18.2 Å². The van der Waals surface area contributed by atoms with Gasteiger partial charge in [0.25, 0.3) is 0 Å². The quantitative estimate of drug-likeness (QED) is 0.650. The molecule has 9 heteroatoms. The van der Waals surface area contributed by atoms with Crippen LogP contribution in [0.1, 0.15) is 12.5 Å². The minimum atomic E-state index is -4.44. The smallest absolute Gasteiger partial charge is 0.395 e. The molecule has 0 fully saturated rings. The topological polar surface area (TPSA) is 78.4 Å². The van der Waals surface area contributed by atoms with Crippen molar-refractivity contribution in [3.63, 3.8) is 0 Å². The number of hydrogen-bond donors (Lipinski definition) is 3. The fourth-order valence-corrected chi connectivity index (χ4v) is 2.65. The second-order valence-corrected chi connectivity index (χ2v) is 5.70. The molecule has 1 aromatic rings. The maximum absolute atomic E-state index is 12.7. The zero-order valence-electron chi connectivity index (χ0n) is 12.3. The summed E-state index contributed by atoms with van der Waals surface area (Å²) in [6.45, 7) is 1.02. The van der Waals surface area contributed by atoms with Gasteiger partial charge in [-0.25, -0.2) is 0 Å². The first-order valence-electron chi connectivity index (χ1n) is 6.69. The minimum absolute atomic E-state index is 0.0309. The summed E-state index contributed by atoms with van der Waals surface area (Å²) in [4.78, 5) is 23.3. The molecule has 0 radical (unpaired) electrons. The van der Waals surface area contributed by atoms with E-state index >= 15 is 0 Å². The van der Waals surface area contributed by atoms with Crippen molar-refractivity contribution in [2.45, 2.75) is 24.0 Å². The van der Waals surface area contributed by atoms with Crippen molar-refractivity contribution in [1.82, 2.24) is 10.6 Å². The summed E-state index contributed by atoms with van der Waals surface area (Å²) in [6, 6.07) is 3.82. The molecule has 1 rings (SSSR count). The first kappa shape index (κ1) is 19.3. The van der Waals surface area contributed by atoms with Gasteiger partial charge in [0.05, 0.1) is 12.2 Å². The molecule has 0 heterocycles. The molecule has 0 spiro atoms. The predicted molar refractivity (Wildman–Crippen MR) is 79.9 cm³/mol. The van der Waals surface area contributed by atoms with Crippen LogP contribution in [0.15, 0.2) is 29.2 Å². The van der Waals surface area contributed by atoms with Gasteiger partial charge in [0.2, 0.25) is 11.8 Å². The van der Waals surface area contributed by atoms with Crippen LogP contribution in [0.25, 0.3) is 0 Å². The number of amides is 2. The molecule has 0 aliphatic heterocycles. The average Bonchev–Trinajstić information content (AvgIpc) is 2.48. The van der Waals surface area contributed by atoms with Crippen LogP contribution >= 0.6 is 11.8 Å². The van der Waals surface area contributed by atoms with Crippen molar-refractivity contribution in [3.8, 4) is 0 Å². The number of carbonyl (C=O) groups is 2. The second-order valence-electron chi connectivity index (χ2n) is 4.60. The third-order valence-corrected chi connectivity index (χ3v) is 3.77. The average molecular weight is 350 g/mol.